The van der Waals surface area contributed by atoms with E-state index in [1.54, 1.807) is 13.1 Å². The summed E-state index contributed by atoms with van der Waals surface area (Å²) >= 11 is 0. The third kappa shape index (κ3) is 10.7. The average molecular weight is 655 g/mol. The SMILES string of the molecule is C=CCOC(=O)[C@H](Cc1ccc(OC(C)(C)C)cc1)NC[C@H](CCCNC(N)=NC)CC(=O)OCC1c2ccccc2-c2ccccc21. The van der Waals surface area contributed by atoms with Crippen LogP contribution in [0.4, 0.5) is 0 Å². The molecular formula is C39H50N4O5. The topological polar surface area (TPSA) is 124 Å². The Morgan fingerprint density at radius 3 is 2.23 bits per heavy atom. The lowest BCUT2D eigenvalue weighted by atomic mass is 9.97. The number of hydrogen-bond acceptors (Lipinski definition) is 7. The average Bonchev–Trinajstić information content (AvgIpc) is 3.39. The minimum atomic E-state index is -0.620. The Kier molecular flexibility index (Phi) is 13.2. The first-order valence-corrected chi connectivity index (χ1v) is 16.7. The van der Waals surface area contributed by atoms with Crippen LogP contribution in [0.1, 0.15) is 62.6 Å². The zero-order chi connectivity index (χ0) is 34.5. The number of esters is 2. The minimum Gasteiger partial charge on any atom is -0.488 e. The first-order valence-electron chi connectivity index (χ1n) is 16.7. The Morgan fingerprint density at radius 2 is 1.62 bits per heavy atom. The molecule has 3 aromatic rings. The fourth-order valence-electron chi connectivity index (χ4n) is 5.95. The number of rotatable bonds is 17. The number of carbonyl (C=O) groups excluding carboxylic acids is 2. The first kappa shape index (κ1) is 36.2. The van der Waals surface area contributed by atoms with Crippen molar-refractivity contribution in [3.8, 4) is 16.9 Å². The van der Waals surface area contributed by atoms with Crippen LogP contribution >= 0.6 is 0 Å². The van der Waals surface area contributed by atoms with E-state index in [-0.39, 0.29) is 49.0 Å². The molecule has 0 unspecified atom stereocenters. The van der Waals surface area contributed by atoms with Gasteiger partial charge in [0.25, 0.3) is 0 Å². The lowest BCUT2D eigenvalue weighted by molar-refractivity contribution is -0.145. The number of nitrogens with one attached hydrogen (secondary N) is 2. The lowest BCUT2D eigenvalue weighted by Gasteiger charge is -2.23. The van der Waals surface area contributed by atoms with Crippen molar-refractivity contribution in [2.45, 2.75) is 64.0 Å². The van der Waals surface area contributed by atoms with Crippen LogP contribution in [0.5, 0.6) is 5.75 Å². The number of benzene rings is 3. The van der Waals surface area contributed by atoms with Crippen LogP contribution in [0.25, 0.3) is 11.1 Å². The van der Waals surface area contributed by atoms with Gasteiger partial charge in [0.1, 0.15) is 30.6 Å². The Labute approximate surface area is 285 Å². The number of nitrogens with two attached hydrogens (primary N) is 1. The number of fused-ring (bicyclic) bond motifs is 3. The summed E-state index contributed by atoms with van der Waals surface area (Å²) in [6.45, 7) is 11.1. The minimum absolute atomic E-state index is 0.0115. The summed E-state index contributed by atoms with van der Waals surface area (Å²) < 4.78 is 17.3. The normalized spacial score (nSPS) is 14.0. The van der Waals surface area contributed by atoms with Gasteiger partial charge in [-0.2, -0.15) is 0 Å². The fourth-order valence-corrected chi connectivity index (χ4v) is 5.95. The first-order chi connectivity index (χ1) is 23.1. The molecule has 4 rings (SSSR count). The molecule has 9 heteroatoms. The largest absolute Gasteiger partial charge is 0.488 e. The quantitative estimate of drug-likeness (QED) is 0.0551. The molecule has 0 radical (unpaired) electrons. The molecule has 2 atom stereocenters. The third-order valence-corrected chi connectivity index (χ3v) is 8.23. The van der Waals surface area contributed by atoms with E-state index in [2.05, 4.69) is 46.5 Å². The van der Waals surface area contributed by atoms with Gasteiger partial charge in [-0.1, -0.05) is 73.3 Å². The monoisotopic (exact) mass is 654 g/mol. The van der Waals surface area contributed by atoms with Crippen LogP contribution in [-0.2, 0) is 25.5 Å². The Morgan fingerprint density at radius 1 is 0.979 bits per heavy atom. The van der Waals surface area contributed by atoms with Crippen molar-refractivity contribution in [2.75, 3.05) is 33.4 Å². The summed E-state index contributed by atoms with van der Waals surface area (Å²) in [5.41, 5.74) is 11.2. The highest BCUT2D eigenvalue weighted by atomic mass is 16.5. The second-order valence-electron chi connectivity index (χ2n) is 13.1. The van der Waals surface area contributed by atoms with Gasteiger partial charge < -0.3 is 30.6 Å². The van der Waals surface area contributed by atoms with Crippen molar-refractivity contribution in [3.05, 3.63) is 102 Å². The molecule has 48 heavy (non-hydrogen) atoms. The maximum atomic E-state index is 13.3. The molecule has 0 bridgehead atoms. The summed E-state index contributed by atoms with van der Waals surface area (Å²) in [5.74, 6) is 0.368. The van der Waals surface area contributed by atoms with Gasteiger partial charge in [0.15, 0.2) is 5.96 Å². The highest BCUT2D eigenvalue weighted by molar-refractivity contribution is 5.79. The van der Waals surface area contributed by atoms with Gasteiger partial charge in [0, 0.05) is 25.9 Å². The van der Waals surface area contributed by atoms with E-state index < -0.39 is 6.04 Å². The summed E-state index contributed by atoms with van der Waals surface area (Å²) in [5, 5.41) is 6.48. The van der Waals surface area contributed by atoms with Gasteiger partial charge in [0.2, 0.25) is 0 Å². The zero-order valence-electron chi connectivity index (χ0n) is 28.7. The summed E-state index contributed by atoms with van der Waals surface area (Å²) in [7, 11) is 1.63. The van der Waals surface area contributed by atoms with E-state index in [1.807, 2.05) is 69.3 Å². The van der Waals surface area contributed by atoms with Gasteiger partial charge in [-0.25, -0.2) is 0 Å². The predicted octanol–water partition coefficient (Wildman–Crippen LogP) is 5.77. The van der Waals surface area contributed by atoms with Crippen LogP contribution in [-0.4, -0.2) is 62.9 Å². The molecule has 4 N–H and O–H groups in total. The smallest absolute Gasteiger partial charge is 0.323 e. The van der Waals surface area contributed by atoms with Crippen LogP contribution in [0, 0.1) is 5.92 Å². The van der Waals surface area contributed by atoms with Gasteiger partial charge >= 0.3 is 11.9 Å². The number of hydrogen-bond donors (Lipinski definition) is 3. The van der Waals surface area contributed by atoms with Gasteiger partial charge in [0.05, 0.1) is 0 Å². The molecule has 9 nitrogen and oxygen atoms in total. The molecule has 0 spiro atoms. The summed E-state index contributed by atoms with van der Waals surface area (Å²) in [6.07, 6.45) is 3.61. The van der Waals surface area contributed by atoms with E-state index in [0.717, 1.165) is 17.7 Å². The number of aliphatic imine (C=N–C) groups is 1. The molecule has 1 aliphatic rings. The maximum absolute atomic E-state index is 13.3. The Balaban J connectivity index is 1.42. The van der Waals surface area contributed by atoms with Crippen LogP contribution < -0.4 is 21.1 Å². The zero-order valence-corrected chi connectivity index (χ0v) is 28.7. The van der Waals surface area contributed by atoms with E-state index in [1.165, 1.54) is 22.3 Å². The van der Waals surface area contributed by atoms with Crippen molar-refractivity contribution in [1.29, 1.82) is 0 Å². The summed E-state index contributed by atoms with van der Waals surface area (Å²) in [4.78, 5) is 30.4. The van der Waals surface area contributed by atoms with Gasteiger partial charge in [-0.3, -0.25) is 14.6 Å². The molecule has 256 valence electrons. The second kappa shape index (κ2) is 17.5. The van der Waals surface area contributed by atoms with Crippen molar-refractivity contribution in [2.24, 2.45) is 16.6 Å². The van der Waals surface area contributed by atoms with E-state index in [4.69, 9.17) is 19.9 Å². The third-order valence-electron chi connectivity index (χ3n) is 8.23. The number of carbonyl (C=O) groups is 2. The second-order valence-corrected chi connectivity index (χ2v) is 13.1. The standard InChI is InChI=1S/C39H50N4O5/c1-6-22-46-37(45)35(23-27-17-19-29(20-18-27)48-39(2,3)4)43-25-28(12-11-21-42-38(40)41-5)24-36(44)47-26-34-32-15-9-7-13-30(32)31-14-8-10-16-33(31)34/h6-10,13-20,28,34-35,43H,1,11-12,21-26H2,2-5H3,(H3,40,41,42)/t28-,35+/m1/s1. The fraction of sp³-hybridized carbons (Fsp3) is 0.410. The van der Waals surface area contributed by atoms with E-state index in [9.17, 15) is 9.59 Å². The molecule has 0 saturated carbocycles. The molecule has 0 amide bonds. The summed E-state index contributed by atoms with van der Waals surface area (Å²) in [6, 6.07) is 23.7. The van der Waals surface area contributed by atoms with Crippen molar-refractivity contribution < 1.29 is 23.8 Å². The van der Waals surface area contributed by atoms with Crippen LogP contribution in [0.3, 0.4) is 0 Å². The predicted molar refractivity (Wildman–Crippen MR) is 191 cm³/mol. The van der Waals surface area contributed by atoms with Gasteiger partial charge in [-0.15, -0.1) is 0 Å². The number of ether oxygens (including phenoxy) is 3. The number of nitrogens with zero attached hydrogens (tertiary/aromatic N) is 1. The van der Waals surface area contributed by atoms with E-state index in [0.29, 0.717) is 31.9 Å². The van der Waals surface area contributed by atoms with Crippen molar-refractivity contribution in [3.63, 3.8) is 0 Å². The Hall–Kier alpha value is -4.63. The molecule has 1 aliphatic carbocycles. The highest BCUT2D eigenvalue weighted by Gasteiger charge is 2.30. The van der Waals surface area contributed by atoms with Crippen LogP contribution in [0.15, 0.2) is 90.4 Å². The molecule has 0 saturated heterocycles. The molecule has 0 fully saturated rings. The van der Waals surface area contributed by atoms with Crippen LogP contribution in [0.2, 0.25) is 0 Å². The van der Waals surface area contributed by atoms with Crippen molar-refractivity contribution in [1.82, 2.24) is 10.6 Å². The van der Waals surface area contributed by atoms with Gasteiger partial charge in [-0.05, 0) is 92.4 Å². The highest BCUT2D eigenvalue weighted by Crippen LogP contribution is 2.44. The maximum Gasteiger partial charge on any atom is 0.323 e. The molecular weight excluding hydrogens is 604 g/mol. The molecule has 0 aromatic heterocycles. The molecule has 0 aliphatic heterocycles. The molecule has 0 heterocycles. The Bertz CT molecular complexity index is 1500. The lowest BCUT2D eigenvalue weighted by Crippen LogP contribution is -2.42. The molecule has 3 aromatic carbocycles. The van der Waals surface area contributed by atoms with Crippen molar-refractivity contribution >= 4 is 17.9 Å². The number of guanidine groups is 1. The van der Waals surface area contributed by atoms with E-state index >= 15 is 0 Å².